The summed E-state index contributed by atoms with van der Waals surface area (Å²) in [4.78, 5) is 10.8. The molecule has 0 fully saturated rings. The number of benzene rings is 1. The van der Waals surface area contributed by atoms with Gasteiger partial charge in [-0.05, 0) is 6.07 Å². The molecule has 1 heterocycles. The minimum absolute atomic E-state index is 0.0227. The minimum Gasteiger partial charge on any atom is -0.453 e. The molecule has 5 heteroatoms. The number of carbonyl (C=O) groups is 1. The quantitative estimate of drug-likeness (QED) is 0.848. The van der Waals surface area contributed by atoms with E-state index in [1.807, 2.05) is 0 Å². The number of rotatable bonds is 3. The number of hydrogen-bond donors (Lipinski definition) is 1. The maximum absolute atomic E-state index is 10.8. The Hall–Kier alpha value is -1.07. The van der Waals surface area contributed by atoms with Crippen LogP contribution in [-0.4, -0.2) is 24.8 Å². The third-order valence-corrected chi connectivity index (χ3v) is 2.92. The molecule has 0 radical (unpaired) electrons. The number of hydrogen-bond acceptors (Lipinski definition) is 4. The van der Waals surface area contributed by atoms with Crippen LogP contribution < -0.4 is 9.47 Å². The summed E-state index contributed by atoms with van der Waals surface area (Å²) in [6, 6.07) is 1.67. The normalized spacial score (nSPS) is 12.9. The average Bonchev–Trinajstić information content (AvgIpc) is 2.70. The second-order valence-corrected chi connectivity index (χ2v) is 3.94. The molecule has 0 aromatic heterocycles. The molecule has 0 spiro atoms. The number of fused-ring (bicyclic) bond motifs is 1. The van der Waals surface area contributed by atoms with E-state index in [-0.39, 0.29) is 13.4 Å². The van der Waals surface area contributed by atoms with E-state index < -0.39 is 0 Å². The highest BCUT2D eigenvalue weighted by molar-refractivity contribution is 9.10. The van der Waals surface area contributed by atoms with Gasteiger partial charge in [-0.15, -0.1) is 0 Å². The standard InChI is InChI=1S/C10H9BrO4/c11-8-3-6(4-13)9-10(15-5-14-9)7(8)1-2-12/h3-4,12H,1-2,5H2. The van der Waals surface area contributed by atoms with Gasteiger partial charge in [0.15, 0.2) is 17.8 Å². The highest BCUT2D eigenvalue weighted by atomic mass is 79.9. The summed E-state index contributed by atoms with van der Waals surface area (Å²) in [5, 5.41) is 8.92. The molecule has 1 aromatic rings. The van der Waals surface area contributed by atoms with Gasteiger partial charge in [0.25, 0.3) is 0 Å². The van der Waals surface area contributed by atoms with Crippen molar-refractivity contribution in [2.75, 3.05) is 13.4 Å². The molecular weight excluding hydrogens is 264 g/mol. The van der Waals surface area contributed by atoms with Crippen molar-refractivity contribution in [2.24, 2.45) is 0 Å². The number of carbonyl (C=O) groups excluding carboxylic acids is 1. The topological polar surface area (TPSA) is 55.8 Å². The first-order chi connectivity index (χ1) is 7.27. The fourth-order valence-electron chi connectivity index (χ4n) is 1.55. The maximum atomic E-state index is 10.8. The zero-order valence-electron chi connectivity index (χ0n) is 7.83. The Morgan fingerprint density at radius 1 is 1.47 bits per heavy atom. The van der Waals surface area contributed by atoms with Gasteiger partial charge in [-0.25, -0.2) is 0 Å². The van der Waals surface area contributed by atoms with Gasteiger partial charge in [-0.1, -0.05) is 15.9 Å². The molecule has 80 valence electrons. The van der Waals surface area contributed by atoms with Crippen LogP contribution in [0.5, 0.6) is 11.5 Å². The summed E-state index contributed by atoms with van der Waals surface area (Å²) in [6.07, 6.45) is 1.19. The van der Waals surface area contributed by atoms with Crippen molar-refractivity contribution in [3.63, 3.8) is 0 Å². The number of halogens is 1. The Balaban J connectivity index is 2.57. The van der Waals surface area contributed by atoms with Crippen LogP contribution in [0.25, 0.3) is 0 Å². The summed E-state index contributed by atoms with van der Waals surface area (Å²) < 4.78 is 11.2. The van der Waals surface area contributed by atoms with Gasteiger partial charge in [-0.3, -0.25) is 4.79 Å². The van der Waals surface area contributed by atoms with Crippen molar-refractivity contribution in [2.45, 2.75) is 6.42 Å². The second-order valence-electron chi connectivity index (χ2n) is 3.08. The molecule has 1 N–H and O–H groups in total. The molecule has 1 aliphatic rings. The van der Waals surface area contributed by atoms with Crippen molar-refractivity contribution < 1.29 is 19.4 Å². The van der Waals surface area contributed by atoms with Gasteiger partial charge in [0.1, 0.15) is 0 Å². The van der Waals surface area contributed by atoms with Crippen LogP contribution in [0.2, 0.25) is 0 Å². The molecule has 15 heavy (non-hydrogen) atoms. The molecule has 0 amide bonds. The Morgan fingerprint density at radius 3 is 2.87 bits per heavy atom. The predicted octanol–water partition coefficient (Wildman–Crippen LogP) is 1.53. The van der Waals surface area contributed by atoms with Gasteiger partial charge in [-0.2, -0.15) is 0 Å². The predicted molar refractivity (Wildman–Crippen MR) is 56.4 cm³/mol. The second kappa shape index (κ2) is 4.20. The van der Waals surface area contributed by atoms with Crippen LogP contribution in [0.1, 0.15) is 15.9 Å². The van der Waals surface area contributed by atoms with Crippen molar-refractivity contribution in [1.82, 2.24) is 0 Å². The SMILES string of the molecule is O=Cc1cc(Br)c(CCO)c2c1OCO2. The smallest absolute Gasteiger partial charge is 0.231 e. The lowest BCUT2D eigenvalue weighted by atomic mass is 10.1. The molecule has 0 saturated heterocycles. The number of aldehydes is 1. The number of aliphatic hydroxyl groups is 1. The monoisotopic (exact) mass is 272 g/mol. The fraction of sp³-hybridized carbons (Fsp3) is 0.300. The third kappa shape index (κ3) is 1.72. The zero-order chi connectivity index (χ0) is 10.8. The van der Waals surface area contributed by atoms with Crippen LogP contribution in [-0.2, 0) is 6.42 Å². The Labute approximate surface area is 94.9 Å². The maximum Gasteiger partial charge on any atom is 0.231 e. The Kier molecular flexibility index (Phi) is 2.93. The van der Waals surface area contributed by atoms with E-state index in [4.69, 9.17) is 14.6 Å². The summed E-state index contributed by atoms with van der Waals surface area (Å²) in [5.74, 6) is 1.03. The molecule has 1 aliphatic heterocycles. The lowest BCUT2D eigenvalue weighted by molar-refractivity contribution is 0.111. The summed E-state index contributed by atoms with van der Waals surface area (Å²) in [7, 11) is 0. The van der Waals surface area contributed by atoms with Crippen molar-refractivity contribution in [3.8, 4) is 11.5 Å². The molecule has 0 bridgehead atoms. The molecule has 0 atom stereocenters. The molecular formula is C10H9BrO4. The van der Waals surface area contributed by atoms with Crippen molar-refractivity contribution in [1.29, 1.82) is 0 Å². The molecule has 1 aromatic carbocycles. The highest BCUT2D eigenvalue weighted by Crippen LogP contribution is 2.42. The van der Waals surface area contributed by atoms with E-state index in [1.165, 1.54) is 0 Å². The molecule has 0 aliphatic carbocycles. The van der Waals surface area contributed by atoms with E-state index >= 15 is 0 Å². The van der Waals surface area contributed by atoms with Gasteiger partial charge in [0, 0.05) is 23.1 Å². The van der Waals surface area contributed by atoms with Crippen LogP contribution >= 0.6 is 15.9 Å². The van der Waals surface area contributed by atoms with Crippen LogP contribution in [0, 0.1) is 0 Å². The molecule has 0 unspecified atom stereocenters. The van der Waals surface area contributed by atoms with E-state index in [0.29, 0.717) is 23.5 Å². The van der Waals surface area contributed by atoms with Crippen LogP contribution in [0.4, 0.5) is 0 Å². The molecule has 2 rings (SSSR count). The lowest BCUT2D eigenvalue weighted by Crippen LogP contribution is -1.97. The summed E-state index contributed by atoms with van der Waals surface area (Å²) in [5.41, 5.74) is 1.28. The van der Waals surface area contributed by atoms with E-state index in [9.17, 15) is 4.79 Å². The highest BCUT2D eigenvalue weighted by Gasteiger charge is 2.23. The van der Waals surface area contributed by atoms with Crippen molar-refractivity contribution in [3.05, 3.63) is 21.7 Å². The first-order valence-electron chi connectivity index (χ1n) is 4.45. The van der Waals surface area contributed by atoms with Crippen LogP contribution in [0.15, 0.2) is 10.5 Å². The Morgan fingerprint density at radius 2 is 2.20 bits per heavy atom. The van der Waals surface area contributed by atoms with Gasteiger partial charge >= 0.3 is 0 Å². The largest absolute Gasteiger partial charge is 0.453 e. The van der Waals surface area contributed by atoms with Crippen molar-refractivity contribution >= 4 is 22.2 Å². The van der Waals surface area contributed by atoms with E-state index in [0.717, 1.165) is 16.3 Å². The lowest BCUT2D eigenvalue weighted by Gasteiger charge is -2.08. The minimum atomic E-state index is 0.0227. The average molecular weight is 273 g/mol. The molecule has 4 nitrogen and oxygen atoms in total. The first-order valence-corrected chi connectivity index (χ1v) is 5.24. The fourth-order valence-corrected chi connectivity index (χ4v) is 2.17. The van der Waals surface area contributed by atoms with E-state index in [2.05, 4.69) is 15.9 Å². The van der Waals surface area contributed by atoms with E-state index in [1.54, 1.807) is 6.07 Å². The van der Waals surface area contributed by atoms with Crippen LogP contribution in [0.3, 0.4) is 0 Å². The molecule has 0 saturated carbocycles. The first kappa shape index (κ1) is 10.4. The van der Waals surface area contributed by atoms with Gasteiger partial charge in [0.2, 0.25) is 6.79 Å². The summed E-state index contributed by atoms with van der Waals surface area (Å²) >= 11 is 3.34. The number of ether oxygens (including phenoxy) is 2. The third-order valence-electron chi connectivity index (χ3n) is 2.21. The Bertz CT molecular complexity index is 403. The zero-order valence-corrected chi connectivity index (χ0v) is 9.41. The number of aliphatic hydroxyl groups excluding tert-OH is 1. The van der Waals surface area contributed by atoms with Gasteiger partial charge in [0.05, 0.1) is 5.56 Å². The van der Waals surface area contributed by atoms with Gasteiger partial charge < -0.3 is 14.6 Å². The summed E-state index contributed by atoms with van der Waals surface area (Å²) in [6.45, 7) is 0.139.